The molecule has 0 spiro atoms. The van der Waals surface area contributed by atoms with Gasteiger partial charge in [-0.2, -0.15) is 8.42 Å². The number of benzene rings is 2. The van der Waals surface area contributed by atoms with E-state index in [9.17, 15) is 13.2 Å². The summed E-state index contributed by atoms with van der Waals surface area (Å²) in [5, 5.41) is 2.76. The van der Waals surface area contributed by atoms with Crippen LogP contribution in [-0.4, -0.2) is 28.8 Å². The zero-order valence-electron chi connectivity index (χ0n) is 15.2. The summed E-state index contributed by atoms with van der Waals surface area (Å²) >= 11 is 11.7. The fraction of sp³-hybridized carbons (Fsp3) is 0.167. The third-order valence-corrected chi connectivity index (χ3v) is 5.19. The van der Waals surface area contributed by atoms with Crippen LogP contribution in [0.1, 0.15) is 29.8 Å². The Morgan fingerprint density at radius 3 is 2.18 bits per heavy atom. The number of hydrogen-bond acceptors (Lipinski definition) is 5. The van der Waals surface area contributed by atoms with E-state index in [-0.39, 0.29) is 15.2 Å². The molecule has 148 valence electrons. The van der Waals surface area contributed by atoms with Gasteiger partial charge in [0.05, 0.1) is 15.9 Å². The van der Waals surface area contributed by atoms with Crippen LogP contribution in [0.4, 0.5) is 5.69 Å². The Labute approximate surface area is 172 Å². The molecule has 0 aliphatic carbocycles. The average molecular weight is 442 g/mol. The first-order chi connectivity index (χ1) is 13.1. The van der Waals surface area contributed by atoms with E-state index >= 15 is 0 Å². The minimum Gasteiger partial charge on any atom is -0.322 e. The van der Waals surface area contributed by atoms with Crippen LogP contribution in [0.2, 0.25) is 10.3 Å². The van der Waals surface area contributed by atoms with E-state index in [0.717, 1.165) is 0 Å². The summed E-state index contributed by atoms with van der Waals surface area (Å²) in [6.07, 6.45) is 0. The molecule has 0 aliphatic rings. The summed E-state index contributed by atoms with van der Waals surface area (Å²) in [5.41, 5.74) is 1.88. The Hall–Kier alpha value is -2.26. The van der Waals surface area contributed by atoms with Crippen molar-refractivity contribution in [3.63, 3.8) is 0 Å². The van der Waals surface area contributed by atoms with Gasteiger partial charge in [0.15, 0.2) is 10.3 Å². The van der Waals surface area contributed by atoms with Gasteiger partial charge in [-0.25, -0.2) is 9.97 Å². The van der Waals surface area contributed by atoms with E-state index in [0.29, 0.717) is 27.8 Å². The van der Waals surface area contributed by atoms with Crippen molar-refractivity contribution in [1.29, 1.82) is 0 Å². The normalized spacial score (nSPS) is 10.9. The van der Waals surface area contributed by atoms with E-state index in [1.54, 1.807) is 12.1 Å². The van der Waals surface area contributed by atoms with E-state index in [2.05, 4.69) is 15.3 Å². The molecule has 0 unspecified atom stereocenters. The monoisotopic (exact) mass is 441 g/mol. The number of carbonyl (C=O) groups excluding carboxylic acids is 1. The lowest BCUT2D eigenvalue weighted by Gasteiger charge is -2.09. The van der Waals surface area contributed by atoms with E-state index in [4.69, 9.17) is 27.8 Å². The second kappa shape index (κ2) is 8.83. The topological polar surface area (TPSA) is 109 Å². The summed E-state index contributed by atoms with van der Waals surface area (Å²) in [4.78, 5) is 20.3. The number of fused-ring (bicyclic) bond motifs is 1. The molecule has 0 bridgehead atoms. The first-order valence-corrected chi connectivity index (χ1v) is 10.4. The Balaban J connectivity index is 0.00000136. The molecule has 0 radical (unpaired) electrons. The number of aromatic nitrogens is 2. The predicted octanol–water partition coefficient (Wildman–Crippen LogP) is 4.77. The first kappa shape index (κ1) is 22.0. The molecule has 0 saturated carbocycles. The number of nitrogens with one attached hydrogen (secondary N) is 1. The Bertz CT molecular complexity index is 1150. The number of hydrogen-bond donors (Lipinski definition) is 2. The standard InChI is InChI=1S/C16H11Cl2N3O4S.C2H6/c1-8-6-10(3-5-13(8)26(23,24)25)19-16(22)9-2-4-11-12(7-9)21-15(18)14(17)20-11;1-2/h2-7H,1H3,(H,19,22)(H,23,24,25);1-2H3. The molecule has 1 aromatic heterocycles. The van der Waals surface area contributed by atoms with Crippen molar-refractivity contribution in [3.8, 4) is 0 Å². The number of aryl methyl sites for hydroxylation is 1. The molecular weight excluding hydrogens is 425 g/mol. The van der Waals surface area contributed by atoms with Crippen LogP contribution in [0.5, 0.6) is 0 Å². The van der Waals surface area contributed by atoms with Gasteiger partial charge in [0, 0.05) is 11.3 Å². The third-order valence-electron chi connectivity index (χ3n) is 3.56. The lowest BCUT2D eigenvalue weighted by molar-refractivity contribution is 0.102. The van der Waals surface area contributed by atoms with Gasteiger partial charge in [0.1, 0.15) is 0 Å². The molecule has 2 N–H and O–H groups in total. The molecule has 2 aromatic carbocycles. The minimum absolute atomic E-state index is 0.0353. The van der Waals surface area contributed by atoms with Crippen LogP contribution < -0.4 is 5.32 Å². The van der Waals surface area contributed by atoms with Crippen LogP contribution in [0, 0.1) is 6.92 Å². The first-order valence-electron chi connectivity index (χ1n) is 8.17. The van der Waals surface area contributed by atoms with Gasteiger partial charge in [-0.3, -0.25) is 9.35 Å². The molecule has 0 fully saturated rings. The highest BCUT2D eigenvalue weighted by Crippen LogP contribution is 2.23. The van der Waals surface area contributed by atoms with Crippen molar-refractivity contribution < 1.29 is 17.8 Å². The molecular formula is C18H17Cl2N3O4S. The summed E-state index contributed by atoms with van der Waals surface area (Å²) < 4.78 is 31.6. The summed E-state index contributed by atoms with van der Waals surface area (Å²) in [5.74, 6) is -0.432. The maximum atomic E-state index is 12.4. The van der Waals surface area contributed by atoms with Gasteiger partial charge in [-0.15, -0.1) is 0 Å². The molecule has 0 saturated heterocycles. The molecule has 3 aromatic rings. The summed E-state index contributed by atoms with van der Waals surface area (Å²) in [6, 6.07) is 8.69. The van der Waals surface area contributed by atoms with E-state index in [1.807, 2.05) is 13.8 Å². The van der Waals surface area contributed by atoms with Crippen molar-refractivity contribution in [3.05, 3.63) is 57.8 Å². The smallest absolute Gasteiger partial charge is 0.294 e. The number of rotatable bonds is 3. The minimum atomic E-state index is -4.31. The molecule has 1 amide bonds. The Morgan fingerprint density at radius 1 is 1.00 bits per heavy atom. The number of carbonyl (C=O) groups is 1. The van der Waals surface area contributed by atoms with Crippen LogP contribution in [0.25, 0.3) is 11.0 Å². The summed E-state index contributed by atoms with van der Waals surface area (Å²) in [6.45, 7) is 5.51. The third kappa shape index (κ3) is 4.96. The number of nitrogens with zero attached hydrogens (tertiary/aromatic N) is 2. The van der Waals surface area contributed by atoms with Gasteiger partial charge in [-0.1, -0.05) is 37.0 Å². The predicted molar refractivity (Wildman–Crippen MR) is 110 cm³/mol. The quantitative estimate of drug-likeness (QED) is 0.566. The van der Waals surface area contributed by atoms with E-state index in [1.165, 1.54) is 31.2 Å². The maximum Gasteiger partial charge on any atom is 0.294 e. The van der Waals surface area contributed by atoms with Crippen molar-refractivity contribution in [2.75, 3.05) is 5.32 Å². The fourth-order valence-corrected chi connectivity index (χ4v) is 3.34. The molecule has 28 heavy (non-hydrogen) atoms. The molecule has 1 heterocycles. The largest absolute Gasteiger partial charge is 0.322 e. The van der Waals surface area contributed by atoms with Crippen LogP contribution >= 0.6 is 23.2 Å². The number of anilines is 1. The van der Waals surface area contributed by atoms with Crippen LogP contribution in [0.3, 0.4) is 0 Å². The lowest BCUT2D eigenvalue weighted by Crippen LogP contribution is -2.12. The SMILES string of the molecule is CC.Cc1cc(NC(=O)c2ccc3nc(Cl)c(Cl)nc3c2)ccc1S(=O)(=O)O. The highest BCUT2D eigenvalue weighted by molar-refractivity contribution is 7.85. The molecule has 10 heteroatoms. The Morgan fingerprint density at radius 2 is 1.61 bits per heavy atom. The highest BCUT2D eigenvalue weighted by Gasteiger charge is 2.15. The number of halogens is 2. The second-order valence-electron chi connectivity index (χ2n) is 5.42. The second-order valence-corrected chi connectivity index (χ2v) is 7.52. The molecule has 0 aliphatic heterocycles. The van der Waals surface area contributed by atoms with Gasteiger partial charge in [0.25, 0.3) is 16.0 Å². The van der Waals surface area contributed by atoms with Crippen LogP contribution in [-0.2, 0) is 10.1 Å². The zero-order chi connectivity index (χ0) is 21.1. The van der Waals surface area contributed by atoms with Crippen molar-refractivity contribution >= 4 is 55.9 Å². The van der Waals surface area contributed by atoms with Crippen LogP contribution in [0.15, 0.2) is 41.3 Å². The van der Waals surface area contributed by atoms with Gasteiger partial charge in [0.2, 0.25) is 0 Å². The number of amides is 1. The van der Waals surface area contributed by atoms with Gasteiger partial charge >= 0.3 is 0 Å². The molecule has 7 nitrogen and oxygen atoms in total. The van der Waals surface area contributed by atoms with Gasteiger partial charge < -0.3 is 5.32 Å². The molecule has 0 atom stereocenters. The van der Waals surface area contributed by atoms with Crippen molar-refractivity contribution in [1.82, 2.24) is 9.97 Å². The summed E-state index contributed by atoms with van der Waals surface area (Å²) in [7, 11) is -4.31. The van der Waals surface area contributed by atoms with E-state index < -0.39 is 16.0 Å². The van der Waals surface area contributed by atoms with Crippen molar-refractivity contribution in [2.45, 2.75) is 25.7 Å². The maximum absolute atomic E-state index is 12.4. The molecule has 3 rings (SSSR count). The lowest BCUT2D eigenvalue weighted by atomic mass is 10.1. The highest BCUT2D eigenvalue weighted by atomic mass is 35.5. The van der Waals surface area contributed by atoms with Crippen molar-refractivity contribution in [2.24, 2.45) is 0 Å². The Kier molecular flexibility index (Phi) is 6.95. The fourth-order valence-electron chi connectivity index (χ4n) is 2.37. The zero-order valence-corrected chi connectivity index (χ0v) is 17.5. The average Bonchev–Trinajstić information content (AvgIpc) is 2.63. The van der Waals surface area contributed by atoms with Gasteiger partial charge in [-0.05, 0) is 48.9 Å².